The number of phenols is 1. The van der Waals surface area contributed by atoms with Gasteiger partial charge in [0.05, 0.1) is 36.3 Å². The highest BCUT2D eigenvalue weighted by Gasteiger charge is 2.18. The first-order valence-electron chi connectivity index (χ1n) is 10.2. The third-order valence-corrected chi connectivity index (χ3v) is 5.29. The van der Waals surface area contributed by atoms with Crippen molar-refractivity contribution >= 4 is 35.0 Å². The van der Waals surface area contributed by atoms with Gasteiger partial charge in [-0.3, -0.25) is 4.79 Å². The molecule has 3 aromatic rings. The number of hydrogen-bond donors (Lipinski definition) is 3. The summed E-state index contributed by atoms with van der Waals surface area (Å²) in [5.41, 5.74) is 6.29. The van der Waals surface area contributed by atoms with E-state index in [0.717, 1.165) is 22.2 Å². The number of aromatic nitrogens is 1. The molecule has 2 heterocycles. The average molecular weight is 433 g/mol. The zero-order valence-electron chi connectivity index (χ0n) is 17.7. The summed E-state index contributed by atoms with van der Waals surface area (Å²) >= 11 is 0. The smallest absolute Gasteiger partial charge is 0.240 e. The van der Waals surface area contributed by atoms with E-state index >= 15 is 0 Å². The molecule has 2 aromatic carbocycles. The van der Waals surface area contributed by atoms with Crippen LogP contribution in [0.4, 0.5) is 0 Å². The van der Waals surface area contributed by atoms with Gasteiger partial charge in [-0.2, -0.15) is 15.3 Å². The van der Waals surface area contributed by atoms with Crippen molar-refractivity contribution in [3.05, 3.63) is 53.1 Å². The van der Waals surface area contributed by atoms with Crippen molar-refractivity contribution in [1.82, 2.24) is 9.99 Å². The molecule has 9 nitrogen and oxygen atoms in total. The molecule has 0 saturated heterocycles. The number of phenolic OH excluding ortho intramolecular Hbond substituents is 1. The molecule has 9 heteroatoms. The minimum Gasteiger partial charge on any atom is -0.504 e. The minimum atomic E-state index is -0.0958. The lowest BCUT2D eigenvalue weighted by Crippen LogP contribution is -2.25. The van der Waals surface area contributed by atoms with Crippen LogP contribution in [0.2, 0.25) is 0 Å². The lowest BCUT2D eigenvalue weighted by Gasteiger charge is -2.12. The van der Waals surface area contributed by atoms with E-state index in [9.17, 15) is 15.0 Å². The van der Waals surface area contributed by atoms with Crippen molar-refractivity contribution < 1.29 is 19.7 Å². The summed E-state index contributed by atoms with van der Waals surface area (Å²) in [5, 5.41) is 33.6. The minimum absolute atomic E-state index is 0.0448. The molecule has 0 saturated carbocycles. The maximum Gasteiger partial charge on any atom is 0.240 e. The zero-order chi connectivity index (χ0) is 22.7. The molecule has 0 unspecified atom stereocenters. The number of hydrogen-bond acceptors (Lipinski definition) is 7. The molecule has 1 aromatic heterocycles. The van der Waals surface area contributed by atoms with Crippen LogP contribution in [0.1, 0.15) is 36.5 Å². The summed E-state index contributed by atoms with van der Waals surface area (Å²) in [6.45, 7) is 2.54. The second kappa shape index (κ2) is 8.93. The largest absolute Gasteiger partial charge is 0.504 e. The Hall–Kier alpha value is -4.14. The van der Waals surface area contributed by atoms with E-state index in [-0.39, 0.29) is 17.5 Å². The average Bonchev–Trinajstić information content (AvgIpc) is 3.08. The Labute approximate surface area is 184 Å². The number of carbonyl (C=O) groups excluding carboxylic acids is 1. The van der Waals surface area contributed by atoms with Gasteiger partial charge in [0.25, 0.3) is 0 Å². The molecule has 0 bridgehead atoms. The Balaban J connectivity index is 1.67. The number of benzene rings is 2. The van der Waals surface area contributed by atoms with Crippen LogP contribution in [-0.4, -0.2) is 45.9 Å². The Bertz CT molecular complexity index is 1270. The van der Waals surface area contributed by atoms with E-state index in [1.165, 1.54) is 25.6 Å². The summed E-state index contributed by atoms with van der Waals surface area (Å²) in [6, 6.07) is 10.6. The number of carbonyl (C=O) groups is 1. The quantitative estimate of drug-likeness (QED) is 0.408. The van der Waals surface area contributed by atoms with Gasteiger partial charge in [-0.25, -0.2) is 5.43 Å². The number of methoxy groups -OCH3 is 1. The predicted molar refractivity (Wildman–Crippen MR) is 123 cm³/mol. The first-order chi connectivity index (χ1) is 15.5. The molecule has 4 rings (SSSR count). The zero-order valence-corrected chi connectivity index (χ0v) is 17.7. The van der Waals surface area contributed by atoms with Crippen LogP contribution >= 0.6 is 0 Å². The monoisotopic (exact) mass is 433 g/mol. The maximum absolute atomic E-state index is 11.4. The van der Waals surface area contributed by atoms with Gasteiger partial charge in [-0.15, -0.1) is 0 Å². The number of aromatic hydroxyl groups is 2. The van der Waals surface area contributed by atoms with Gasteiger partial charge in [0, 0.05) is 24.8 Å². The van der Waals surface area contributed by atoms with E-state index in [1.54, 1.807) is 16.7 Å². The molecule has 1 aliphatic heterocycles. The van der Waals surface area contributed by atoms with Gasteiger partial charge in [0.1, 0.15) is 0 Å². The topological polar surface area (TPSA) is 121 Å². The highest BCUT2D eigenvalue weighted by molar-refractivity contribution is 6.09. The van der Waals surface area contributed by atoms with Gasteiger partial charge in [0.2, 0.25) is 11.8 Å². The number of ether oxygens (including phenoxy) is 1. The molecule has 1 aliphatic rings. The van der Waals surface area contributed by atoms with Gasteiger partial charge >= 0.3 is 0 Å². The summed E-state index contributed by atoms with van der Waals surface area (Å²) in [6.07, 6.45) is 3.98. The van der Waals surface area contributed by atoms with Crippen LogP contribution in [-0.2, 0) is 11.3 Å². The first-order valence-corrected chi connectivity index (χ1v) is 10.2. The molecule has 3 N–H and O–H groups in total. The molecule has 0 fully saturated rings. The molecule has 0 radical (unpaired) electrons. The number of rotatable bonds is 6. The molecule has 0 atom stereocenters. The van der Waals surface area contributed by atoms with E-state index in [0.29, 0.717) is 36.3 Å². The highest BCUT2D eigenvalue weighted by atomic mass is 16.5. The van der Waals surface area contributed by atoms with E-state index in [2.05, 4.69) is 20.7 Å². The number of aryl methyl sites for hydroxylation is 1. The lowest BCUT2D eigenvalue weighted by molar-refractivity contribution is -0.121. The van der Waals surface area contributed by atoms with Crippen LogP contribution < -0.4 is 10.2 Å². The normalized spacial score (nSPS) is 14.3. The van der Waals surface area contributed by atoms with Gasteiger partial charge < -0.3 is 19.5 Å². The summed E-state index contributed by atoms with van der Waals surface area (Å²) in [5.74, 6) is 0.393. The molecule has 0 spiro atoms. The third-order valence-electron chi connectivity index (χ3n) is 5.29. The van der Waals surface area contributed by atoms with Crippen LogP contribution in [0.15, 0.2) is 51.7 Å². The molecular formula is C23H23N5O4. The summed E-state index contributed by atoms with van der Waals surface area (Å²) in [7, 11) is 1.47. The van der Waals surface area contributed by atoms with Gasteiger partial charge in [0.15, 0.2) is 11.5 Å². The van der Waals surface area contributed by atoms with Crippen molar-refractivity contribution in [2.24, 2.45) is 15.3 Å². The van der Waals surface area contributed by atoms with Crippen LogP contribution in [0.25, 0.3) is 10.9 Å². The van der Waals surface area contributed by atoms with Crippen molar-refractivity contribution in [2.75, 3.05) is 7.11 Å². The molecular weight excluding hydrogens is 410 g/mol. The number of fused-ring (bicyclic) bond motifs is 1. The predicted octanol–water partition coefficient (Wildman–Crippen LogP) is 3.15. The van der Waals surface area contributed by atoms with Gasteiger partial charge in [-0.1, -0.05) is 6.07 Å². The van der Waals surface area contributed by atoms with Crippen molar-refractivity contribution in [3.8, 4) is 17.4 Å². The lowest BCUT2D eigenvalue weighted by atomic mass is 10.0. The second-order valence-corrected chi connectivity index (χ2v) is 7.23. The SMILES string of the molecule is CCn1c(O)c(/C=N/N=C/c2ccc(O)c(OC)c2)c2cc(C3=NNC(=O)CC3)ccc21. The standard InChI is InChI=1S/C23H23N5O4/c1-3-28-19-7-5-15(18-6-9-22(30)27-26-18)11-16(19)17(23(28)31)13-25-24-12-14-4-8-20(29)21(10-14)32-2/h4-5,7-8,10-13,29,31H,3,6,9H2,1-2H3,(H,27,30)/b24-12+,25-13+. The summed E-state index contributed by atoms with van der Waals surface area (Å²) in [4.78, 5) is 11.4. The fourth-order valence-electron chi connectivity index (χ4n) is 3.64. The number of amides is 1. The van der Waals surface area contributed by atoms with Crippen molar-refractivity contribution in [3.63, 3.8) is 0 Å². The molecule has 1 amide bonds. The van der Waals surface area contributed by atoms with Crippen LogP contribution in [0, 0.1) is 0 Å². The third kappa shape index (κ3) is 4.04. The van der Waals surface area contributed by atoms with Crippen molar-refractivity contribution in [1.29, 1.82) is 0 Å². The Morgan fingerprint density at radius 1 is 1.16 bits per heavy atom. The Morgan fingerprint density at radius 3 is 2.69 bits per heavy atom. The Morgan fingerprint density at radius 2 is 1.97 bits per heavy atom. The van der Waals surface area contributed by atoms with Gasteiger partial charge in [-0.05, 0) is 48.4 Å². The van der Waals surface area contributed by atoms with Crippen molar-refractivity contribution in [2.45, 2.75) is 26.3 Å². The summed E-state index contributed by atoms with van der Waals surface area (Å²) < 4.78 is 6.88. The highest BCUT2D eigenvalue weighted by Crippen LogP contribution is 2.31. The van der Waals surface area contributed by atoms with E-state index < -0.39 is 0 Å². The fourth-order valence-corrected chi connectivity index (χ4v) is 3.64. The van der Waals surface area contributed by atoms with Crippen LogP contribution in [0.5, 0.6) is 17.4 Å². The Kier molecular flexibility index (Phi) is 5.89. The number of hydrazone groups is 1. The molecule has 32 heavy (non-hydrogen) atoms. The first kappa shape index (κ1) is 21.1. The molecule has 164 valence electrons. The van der Waals surface area contributed by atoms with Crippen LogP contribution in [0.3, 0.4) is 0 Å². The van der Waals surface area contributed by atoms with E-state index in [1.807, 2.05) is 25.1 Å². The number of nitrogens with one attached hydrogen (secondary N) is 1. The maximum atomic E-state index is 11.4. The fraction of sp³-hybridized carbons (Fsp3) is 0.217. The van der Waals surface area contributed by atoms with E-state index in [4.69, 9.17) is 4.74 Å². The molecule has 0 aliphatic carbocycles. The number of nitrogens with zero attached hydrogens (tertiary/aromatic N) is 4. The second-order valence-electron chi connectivity index (χ2n) is 7.23.